The lowest BCUT2D eigenvalue weighted by molar-refractivity contribution is 0.0130. The number of pyridine rings is 1. The Bertz CT molecular complexity index is 616. The molecule has 0 radical (unpaired) electrons. The number of aromatic amines is 1. The Kier molecular flexibility index (Phi) is 5.76. The molecule has 2 unspecified atom stereocenters. The van der Waals surface area contributed by atoms with E-state index in [-0.39, 0.29) is 12.1 Å². The van der Waals surface area contributed by atoms with Crippen molar-refractivity contribution >= 4 is 11.6 Å². The van der Waals surface area contributed by atoms with Gasteiger partial charge in [-0.15, -0.1) is 10.2 Å². The minimum Gasteiger partial charge on any atom is -0.368 e. The van der Waals surface area contributed by atoms with Crippen LogP contribution < -0.4 is 0 Å². The zero-order chi connectivity index (χ0) is 16.9. The fraction of sp³-hybridized carbons (Fsp3) is 0.625. The highest BCUT2D eigenvalue weighted by molar-refractivity contribution is 6.30. The number of likely N-dealkylation sites (N-methyl/N-ethyl adjacent to an activating group) is 1. The van der Waals surface area contributed by atoms with Gasteiger partial charge in [-0.25, -0.2) is 0 Å². The molecule has 0 amide bonds. The maximum absolute atomic E-state index is 6.08. The van der Waals surface area contributed by atoms with E-state index in [4.69, 9.17) is 16.3 Å². The van der Waals surface area contributed by atoms with Crippen molar-refractivity contribution in [2.24, 2.45) is 5.92 Å². The van der Waals surface area contributed by atoms with E-state index in [1.54, 1.807) is 6.20 Å². The predicted octanol–water partition coefficient (Wildman–Crippen LogP) is 2.80. The molecule has 1 saturated carbocycles. The van der Waals surface area contributed by atoms with E-state index in [1.807, 2.05) is 12.1 Å². The average Bonchev–Trinajstić information content (AvgIpc) is 3.29. The minimum absolute atomic E-state index is 0.0496. The summed E-state index contributed by atoms with van der Waals surface area (Å²) in [5.74, 6) is 1.18. The number of hydrogen-bond donors (Lipinski definition) is 1. The summed E-state index contributed by atoms with van der Waals surface area (Å²) in [4.78, 5) is 6.75. The van der Waals surface area contributed by atoms with Gasteiger partial charge in [-0.1, -0.05) is 23.7 Å². The van der Waals surface area contributed by atoms with Crippen molar-refractivity contribution in [3.8, 4) is 0 Å². The van der Waals surface area contributed by atoms with Gasteiger partial charge in [-0.2, -0.15) is 5.21 Å². The molecule has 2 aromatic heterocycles. The third-order valence-electron chi connectivity index (χ3n) is 4.47. The van der Waals surface area contributed by atoms with Gasteiger partial charge in [0.25, 0.3) is 0 Å². The van der Waals surface area contributed by atoms with Crippen molar-refractivity contribution < 1.29 is 4.74 Å². The molecule has 2 atom stereocenters. The number of aromatic nitrogens is 5. The van der Waals surface area contributed by atoms with E-state index in [2.05, 4.69) is 44.4 Å². The van der Waals surface area contributed by atoms with E-state index in [9.17, 15) is 0 Å². The van der Waals surface area contributed by atoms with Crippen molar-refractivity contribution in [1.82, 2.24) is 30.5 Å². The lowest BCUT2D eigenvalue weighted by Gasteiger charge is -2.28. The van der Waals surface area contributed by atoms with Crippen LogP contribution in [0.25, 0.3) is 0 Å². The quantitative estimate of drug-likeness (QED) is 0.749. The Morgan fingerprint density at radius 2 is 2.25 bits per heavy atom. The van der Waals surface area contributed by atoms with Gasteiger partial charge in [-0.3, -0.25) is 9.88 Å². The van der Waals surface area contributed by atoms with Gasteiger partial charge in [0.2, 0.25) is 5.82 Å². The normalized spacial score (nSPS) is 17.2. The summed E-state index contributed by atoms with van der Waals surface area (Å²) < 4.78 is 6.08. The van der Waals surface area contributed by atoms with E-state index in [0.29, 0.717) is 23.4 Å². The summed E-state index contributed by atoms with van der Waals surface area (Å²) in [7, 11) is 0. The SMILES string of the molecule is CCN(CCOC(c1nn[nH]n1)C1CC1)C(C)c1ccc(Cl)cn1. The summed E-state index contributed by atoms with van der Waals surface area (Å²) in [6.45, 7) is 6.66. The largest absolute Gasteiger partial charge is 0.368 e. The first kappa shape index (κ1) is 17.3. The van der Waals surface area contributed by atoms with Gasteiger partial charge in [0.05, 0.1) is 17.3 Å². The Morgan fingerprint density at radius 3 is 2.83 bits per heavy atom. The number of rotatable bonds is 9. The van der Waals surface area contributed by atoms with Crippen LogP contribution in [0.4, 0.5) is 0 Å². The van der Waals surface area contributed by atoms with Gasteiger partial charge in [0, 0.05) is 18.8 Å². The third kappa shape index (κ3) is 4.28. The summed E-state index contributed by atoms with van der Waals surface area (Å²) in [5, 5.41) is 15.0. The van der Waals surface area contributed by atoms with E-state index in [1.165, 1.54) is 12.8 Å². The zero-order valence-corrected chi connectivity index (χ0v) is 14.8. The van der Waals surface area contributed by atoms with E-state index < -0.39 is 0 Å². The Hall–Kier alpha value is -1.57. The van der Waals surface area contributed by atoms with Crippen LogP contribution in [0.3, 0.4) is 0 Å². The van der Waals surface area contributed by atoms with Crippen molar-refractivity contribution in [2.45, 2.75) is 38.8 Å². The fourth-order valence-electron chi connectivity index (χ4n) is 2.85. The van der Waals surface area contributed by atoms with Gasteiger partial charge in [0.1, 0.15) is 6.10 Å². The number of halogens is 1. The predicted molar refractivity (Wildman–Crippen MR) is 90.5 cm³/mol. The summed E-state index contributed by atoms with van der Waals surface area (Å²) in [5.41, 5.74) is 1.01. The van der Waals surface area contributed by atoms with Gasteiger partial charge in [0.15, 0.2) is 0 Å². The topological polar surface area (TPSA) is 79.8 Å². The molecular formula is C16H23ClN6O. The average molecular weight is 351 g/mol. The van der Waals surface area contributed by atoms with E-state index >= 15 is 0 Å². The molecular weight excluding hydrogens is 328 g/mol. The van der Waals surface area contributed by atoms with Crippen molar-refractivity contribution in [3.63, 3.8) is 0 Å². The van der Waals surface area contributed by atoms with Crippen molar-refractivity contribution in [3.05, 3.63) is 34.9 Å². The van der Waals surface area contributed by atoms with Crippen LogP contribution in [0.15, 0.2) is 18.3 Å². The van der Waals surface area contributed by atoms with Crippen LogP contribution in [-0.4, -0.2) is 50.2 Å². The van der Waals surface area contributed by atoms with Gasteiger partial charge in [-0.05, 0) is 44.4 Å². The highest BCUT2D eigenvalue weighted by Crippen LogP contribution is 2.41. The van der Waals surface area contributed by atoms with Crippen LogP contribution in [0.2, 0.25) is 5.02 Å². The number of ether oxygens (including phenoxy) is 1. The smallest absolute Gasteiger partial charge is 0.203 e. The summed E-state index contributed by atoms with van der Waals surface area (Å²) in [6.07, 6.45) is 3.98. The van der Waals surface area contributed by atoms with Gasteiger partial charge < -0.3 is 4.74 Å². The molecule has 1 fully saturated rings. The van der Waals surface area contributed by atoms with E-state index in [0.717, 1.165) is 18.8 Å². The molecule has 0 aromatic carbocycles. The van der Waals surface area contributed by atoms with Crippen LogP contribution in [0, 0.1) is 5.92 Å². The molecule has 1 aliphatic rings. The molecule has 3 rings (SSSR count). The Labute approximate surface area is 146 Å². The molecule has 0 saturated heterocycles. The highest BCUT2D eigenvalue weighted by atomic mass is 35.5. The molecule has 7 nitrogen and oxygen atoms in total. The van der Waals surface area contributed by atoms with Gasteiger partial charge >= 0.3 is 0 Å². The molecule has 1 aliphatic carbocycles. The monoisotopic (exact) mass is 350 g/mol. The second-order valence-electron chi connectivity index (χ2n) is 6.10. The molecule has 2 heterocycles. The number of tetrazole rings is 1. The summed E-state index contributed by atoms with van der Waals surface area (Å²) in [6, 6.07) is 4.06. The Morgan fingerprint density at radius 1 is 1.42 bits per heavy atom. The molecule has 130 valence electrons. The number of nitrogens with zero attached hydrogens (tertiary/aromatic N) is 5. The molecule has 2 aromatic rings. The highest BCUT2D eigenvalue weighted by Gasteiger charge is 2.36. The van der Waals surface area contributed by atoms with Crippen LogP contribution in [-0.2, 0) is 4.74 Å². The molecule has 0 bridgehead atoms. The molecule has 0 spiro atoms. The second-order valence-corrected chi connectivity index (χ2v) is 6.54. The van der Waals surface area contributed by atoms with Crippen LogP contribution in [0.1, 0.15) is 50.4 Å². The van der Waals surface area contributed by atoms with Crippen LogP contribution >= 0.6 is 11.6 Å². The summed E-state index contributed by atoms with van der Waals surface area (Å²) >= 11 is 5.92. The molecule has 1 N–H and O–H groups in total. The first-order valence-electron chi connectivity index (χ1n) is 8.39. The zero-order valence-electron chi connectivity index (χ0n) is 14.0. The number of hydrogen-bond acceptors (Lipinski definition) is 6. The van der Waals surface area contributed by atoms with Crippen LogP contribution in [0.5, 0.6) is 0 Å². The minimum atomic E-state index is -0.0496. The first-order chi connectivity index (χ1) is 11.7. The number of H-pyrrole nitrogens is 1. The maximum Gasteiger partial charge on any atom is 0.203 e. The third-order valence-corrected chi connectivity index (χ3v) is 4.70. The molecule has 24 heavy (non-hydrogen) atoms. The van der Waals surface area contributed by atoms with Crippen molar-refractivity contribution in [1.29, 1.82) is 0 Å². The lowest BCUT2D eigenvalue weighted by atomic mass is 10.2. The fourth-order valence-corrected chi connectivity index (χ4v) is 2.97. The standard InChI is InChI=1S/C16H23ClN6O/c1-3-23(11(2)14-7-6-13(17)10-18-14)8-9-24-15(12-4-5-12)16-19-21-22-20-16/h6-7,10-12,15H,3-5,8-9H2,1-2H3,(H,19,20,21,22). The van der Waals surface area contributed by atoms with Crippen molar-refractivity contribution in [2.75, 3.05) is 19.7 Å². The molecule has 8 heteroatoms. The molecule has 0 aliphatic heterocycles. The lowest BCUT2D eigenvalue weighted by Crippen LogP contribution is -2.31. The second kappa shape index (κ2) is 8.00. The number of nitrogens with one attached hydrogen (secondary N) is 1. The maximum atomic E-state index is 6.08. The first-order valence-corrected chi connectivity index (χ1v) is 8.77. The Balaban J connectivity index is 1.54.